The molecule has 2 heterocycles. The summed E-state index contributed by atoms with van der Waals surface area (Å²) in [7, 11) is 0. The first-order chi connectivity index (χ1) is 13.8. The minimum atomic E-state index is -0.797. The number of halogens is 2. The number of anilines is 1. The lowest BCUT2D eigenvalue weighted by atomic mass is 9.84. The molecule has 2 saturated carbocycles. The fourth-order valence-corrected chi connectivity index (χ4v) is 6.14. The van der Waals surface area contributed by atoms with Crippen LogP contribution in [0.1, 0.15) is 62.6 Å². The maximum absolute atomic E-state index is 13.9. The van der Waals surface area contributed by atoms with Crippen LogP contribution in [0.25, 0.3) is 0 Å². The Hall–Kier alpha value is -1.41. The van der Waals surface area contributed by atoms with Crippen molar-refractivity contribution in [2.75, 3.05) is 12.3 Å². The number of primary amides is 1. The van der Waals surface area contributed by atoms with Gasteiger partial charge in [-0.05, 0) is 31.4 Å². The van der Waals surface area contributed by atoms with Crippen LogP contribution in [0.2, 0.25) is 0 Å². The molecule has 1 aromatic rings. The van der Waals surface area contributed by atoms with E-state index in [1.165, 1.54) is 19.3 Å². The first kappa shape index (κ1) is 25.8. The van der Waals surface area contributed by atoms with Crippen LogP contribution in [0.15, 0.2) is 12.1 Å². The van der Waals surface area contributed by atoms with Gasteiger partial charge in [0.1, 0.15) is 18.4 Å². The molecule has 2 aliphatic carbocycles. The van der Waals surface area contributed by atoms with E-state index in [0.717, 1.165) is 30.5 Å². The van der Waals surface area contributed by atoms with Crippen molar-refractivity contribution >= 4 is 42.4 Å². The summed E-state index contributed by atoms with van der Waals surface area (Å²) in [6.07, 6.45) is 8.23. The number of fused-ring (bicyclic) bond motifs is 1. The van der Waals surface area contributed by atoms with Crippen LogP contribution in [0.3, 0.4) is 0 Å². The second-order valence-corrected chi connectivity index (χ2v) is 9.49. The molecular formula is C22H36Cl2N5O2+. The largest absolute Gasteiger partial charge is 0.384 e. The number of quaternary nitrogens is 1. The van der Waals surface area contributed by atoms with Crippen molar-refractivity contribution in [1.29, 1.82) is 0 Å². The molecule has 4 rings (SSSR count). The number of piperidine rings is 1. The molecule has 3 fully saturated rings. The number of carbonyl (C=O) groups is 2. The zero-order valence-electron chi connectivity index (χ0n) is 18.2. The highest BCUT2D eigenvalue weighted by atomic mass is 35.5. The Labute approximate surface area is 196 Å². The molecule has 3 aliphatic rings. The Kier molecular flexibility index (Phi) is 8.01. The van der Waals surface area contributed by atoms with Crippen LogP contribution in [0.5, 0.6) is 0 Å². The number of amides is 2. The van der Waals surface area contributed by atoms with Crippen molar-refractivity contribution in [2.24, 2.45) is 23.3 Å². The molecule has 9 heteroatoms. The first-order valence-electron chi connectivity index (χ1n) is 11.0. The molecule has 2 amide bonds. The average Bonchev–Trinajstić information content (AvgIpc) is 3.36. The molecule has 4 atom stereocenters. The Bertz CT molecular complexity index is 832. The number of nitrogens with two attached hydrogens (primary N) is 3. The third-order valence-electron chi connectivity index (χ3n) is 7.83. The summed E-state index contributed by atoms with van der Waals surface area (Å²) in [5, 5.41) is 0. The minimum Gasteiger partial charge on any atom is -0.384 e. The quantitative estimate of drug-likeness (QED) is 0.548. The summed E-state index contributed by atoms with van der Waals surface area (Å²) in [5.74, 6) is 0.760. The first-order valence-corrected chi connectivity index (χ1v) is 11.0. The Morgan fingerprint density at radius 3 is 2.45 bits per heavy atom. The smallest absolute Gasteiger partial charge is 0.331 e. The maximum atomic E-state index is 13.9. The van der Waals surface area contributed by atoms with Gasteiger partial charge in [0.05, 0.1) is 6.54 Å². The zero-order chi connectivity index (χ0) is 20.8. The third kappa shape index (κ3) is 4.30. The molecule has 6 N–H and O–H groups in total. The van der Waals surface area contributed by atoms with Gasteiger partial charge < -0.3 is 17.2 Å². The molecule has 1 saturated heterocycles. The lowest BCUT2D eigenvalue weighted by Gasteiger charge is -2.41. The van der Waals surface area contributed by atoms with Crippen molar-refractivity contribution in [3.8, 4) is 0 Å². The number of hydrogen-bond donors (Lipinski definition) is 3. The molecule has 7 nitrogen and oxygen atoms in total. The van der Waals surface area contributed by atoms with Gasteiger partial charge in [-0.3, -0.25) is 4.79 Å². The molecule has 174 valence electrons. The van der Waals surface area contributed by atoms with Crippen LogP contribution in [-0.2, 0) is 16.1 Å². The average molecular weight is 473 g/mol. The van der Waals surface area contributed by atoms with E-state index in [4.69, 9.17) is 17.2 Å². The summed E-state index contributed by atoms with van der Waals surface area (Å²) in [4.78, 5) is 30.8. The standard InChI is InChI=1S/C22H33N5O2.2ClH/c1-14-16(7-8-19(24)26-14)13-27(10-9-17-12-22(17,27)21(25)29)20(28)18(23)11-15-5-3-2-4-6-15;;/h7-8,15,17-18H,2-6,9-13,23H2,1H3,(H3-,24,25,26,29);2*1H/p+1/t17-,18-,22+,27?;;/m1../s1. The molecular weight excluding hydrogens is 437 g/mol. The number of aryl methyl sites for hydroxylation is 1. The summed E-state index contributed by atoms with van der Waals surface area (Å²) >= 11 is 0. The molecule has 0 radical (unpaired) electrons. The Morgan fingerprint density at radius 1 is 1.19 bits per heavy atom. The van der Waals surface area contributed by atoms with E-state index in [2.05, 4.69) is 4.98 Å². The molecule has 1 aliphatic heterocycles. The summed E-state index contributed by atoms with van der Waals surface area (Å²) in [6, 6.07) is 3.11. The SMILES string of the molecule is Cc1nc(N)ccc1C[N+]1(C(=O)[C@H](N)CC2CCCCC2)CC[C@@H]2C[C@@]21C(N)=O.Cl.Cl. The van der Waals surface area contributed by atoms with E-state index in [1.54, 1.807) is 6.07 Å². The summed E-state index contributed by atoms with van der Waals surface area (Å²) in [6.45, 7) is 2.93. The van der Waals surface area contributed by atoms with E-state index >= 15 is 0 Å². The van der Waals surface area contributed by atoms with Crippen LogP contribution < -0.4 is 17.2 Å². The number of likely N-dealkylation sites (tertiary alicyclic amines) is 1. The summed E-state index contributed by atoms with van der Waals surface area (Å²) < 4.78 is 0.0628. The van der Waals surface area contributed by atoms with Crippen LogP contribution in [-0.4, -0.2) is 39.4 Å². The van der Waals surface area contributed by atoms with E-state index in [1.807, 2.05) is 13.0 Å². The predicted octanol–water partition coefficient (Wildman–Crippen LogP) is 2.60. The van der Waals surface area contributed by atoms with Gasteiger partial charge in [0, 0.05) is 30.0 Å². The van der Waals surface area contributed by atoms with Gasteiger partial charge in [-0.2, -0.15) is 0 Å². The highest BCUT2D eigenvalue weighted by Gasteiger charge is 2.79. The van der Waals surface area contributed by atoms with Gasteiger partial charge in [-0.15, -0.1) is 24.8 Å². The topological polar surface area (TPSA) is 125 Å². The normalized spacial score (nSPS) is 30.5. The van der Waals surface area contributed by atoms with E-state index < -0.39 is 11.6 Å². The van der Waals surface area contributed by atoms with Gasteiger partial charge in [-0.1, -0.05) is 32.1 Å². The fourth-order valence-electron chi connectivity index (χ4n) is 6.14. The number of nitrogen functional groups attached to an aromatic ring is 1. The van der Waals surface area contributed by atoms with Crippen LogP contribution >= 0.6 is 24.8 Å². The molecule has 1 unspecified atom stereocenters. The van der Waals surface area contributed by atoms with Gasteiger partial charge in [-0.25, -0.2) is 14.3 Å². The number of rotatable bonds is 6. The predicted molar refractivity (Wildman–Crippen MR) is 126 cm³/mol. The second kappa shape index (κ2) is 9.61. The van der Waals surface area contributed by atoms with Gasteiger partial charge in [0.2, 0.25) is 0 Å². The zero-order valence-corrected chi connectivity index (χ0v) is 19.9. The molecule has 1 aromatic heterocycles. The van der Waals surface area contributed by atoms with Crippen molar-refractivity contribution in [2.45, 2.75) is 76.4 Å². The van der Waals surface area contributed by atoms with E-state index in [9.17, 15) is 9.59 Å². The second-order valence-electron chi connectivity index (χ2n) is 9.49. The Morgan fingerprint density at radius 2 is 1.87 bits per heavy atom. The van der Waals surface area contributed by atoms with Gasteiger partial charge >= 0.3 is 5.91 Å². The van der Waals surface area contributed by atoms with Gasteiger partial charge in [0.15, 0.2) is 5.54 Å². The number of carbonyl (C=O) groups excluding carboxylic acids is 2. The monoisotopic (exact) mass is 472 g/mol. The summed E-state index contributed by atoms with van der Waals surface area (Å²) in [5.41, 5.74) is 19.2. The lowest BCUT2D eigenvalue weighted by Crippen LogP contribution is -2.67. The molecule has 0 spiro atoms. The van der Waals surface area contributed by atoms with Crippen molar-refractivity contribution in [3.63, 3.8) is 0 Å². The van der Waals surface area contributed by atoms with Crippen molar-refractivity contribution in [3.05, 3.63) is 23.4 Å². The minimum absolute atomic E-state index is 0. The maximum Gasteiger partial charge on any atom is 0.331 e. The van der Waals surface area contributed by atoms with Crippen LogP contribution in [0, 0.1) is 18.8 Å². The Balaban J connectivity index is 0.00000171. The highest BCUT2D eigenvalue weighted by Crippen LogP contribution is 2.61. The number of aromatic nitrogens is 1. The van der Waals surface area contributed by atoms with Crippen molar-refractivity contribution in [1.82, 2.24) is 4.98 Å². The van der Waals surface area contributed by atoms with E-state index in [-0.39, 0.29) is 47.0 Å². The van der Waals surface area contributed by atoms with Crippen molar-refractivity contribution < 1.29 is 14.1 Å². The fraction of sp³-hybridized carbons (Fsp3) is 0.682. The number of nitrogens with zero attached hydrogens (tertiary/aromatic N) is 2. The molecule has 0 aromatic carbocycles. The van der Waals surface area contributed by atoms with Gasteiger partial charge in [0.25, 0.3) is 5.91 Å². The lowest BCUT2D eigenvalue weighted by molar-refractivity contribution is -0.885. The molecule has 31 heavy (non-hydrogen) atoms. The number of hydrogen-bond acceptors (Lipinski definition) is 5. The highest BCUT2D eigenvalue weighted by molar-refractivity contribution is 5.91. The molecule has 0 bridgehead atoms. The number of pyridine rings is 1. The van der Waals surface area contributed by atoms with Crippen LogP contribution in [0.4, 0.5) is 5.82 Å². The van der Waals surface area contributed by atoms with E-state index in [0.29, 0.717) is 37.7 Å². The third-order valence-corrected chi connectivity index (χ3v) is 7.83.